The molecule has 136 valence electrons. The summed E-state index contributed by atoms with van der Waals surface area (Å²) in [6.45, 7) is 4.07. The van der Waals surface area contributed by atoms with Crippen molar-refractivity contribution in [3.8, 4) is 5.75 Å². The number of rotatable bonds is 5. The van der Waals surface area contributed by atoms with Gasteiger partial charge in [0.15, 0.2) is 0 Å². The molecule has 1 aromatic rings. The minimum absolute atomic E-state index is 0.0756. The molecule has 0 saturated carbocycles. The third-order valence-electron chi connectivity index (χ3n) is 4.91. The quantitative estimate of drug-likeness (QED) is 0.800. The zero-order valence-electron chi connectivity index (χ0n) is 14.9. The largest absolute Gasteiger partial charge is 0.496 e. The van der Waals surface area contributed by atoms with Crippen LogP contribution in [-0.2, 0) is 9.59 Å². The van der Waals surface area contributed by atoms with E-state index < -0.39 is 0 Å². The monoisotopic (exact) mass is 364 g/mol. The number of amides is 2. The molecule has 0 aromatic heterocycles. The molecule has 2 saturated heterocycles. The number of nitrogens with one attached hydrogen (secondary N) is 1. The Hall–Kier alpha value is -1.73. The fourth-order valence-corrected chi connectivity index (χ4v) is 4.58. The number of hydrogen-bond acceptors (Lipinski definition) is 4. The van der Waals surface area contributed by atoms with Crippen LogP contribution in [0.3, 0.4) is 0 Å². The van der Waals surface area contributed by atoms with Gasteiger partial charge in [0.25, 0.3) is 0 Å². The maximum Gasteiger partial charge on any atom is 0.233 e. The summed E-state index contributed by atoms with van der Waals surface area (Å²) in [6.07, 6.45) is 0.386. The van der Waals surface area contributed by atoms with Crippen LogP contribution in [0.1, 0.15) is 17.4 Å². The Balaban J connectivity index is 1.63. The highest BCUT2D eigenvalue weighted by Crippen LogP contribution is 2.42. The molecule has 1 N–H and O–H groups in total. The molecule has 0 aliphatic carbocycles. The first kappa shape index (κ1) is 18.1. The van der Waals surface area contributed by atoms with Crippen molar-refractivity contribution < 1.29 is 19.2 Å². The molecule has 2 fully saturated rings. The average Bonchev–Trinajstić information content (AvgIpc) is 3.00. The molecule has 3 rings (SSSR count). The number of thioether (sulfide) groups is 1. The molecule has 7 heteroatoms. The number of carbonyl (C=O) groups is 2. The Kier molecular flexibility index (Phi) is 5.86. The van der Waals surface area contributed by atoms with Gasteiger partial charge in [-0.05, 0) is 6.07 Å². The van der Waals surface area contributed by atoms with Crippen molar-refractivity contribution >= 4 is 23.6 Å². The Morgan fingerprint density at radius 2 is 2.04 bits per heavy atom. The molecular formula is C18H26N3O3S+. The first-order valence-electron chi connectivity index (χ1n) is 8.73. The Morgan fingerprint density at radius 3 is 2.76 bits per heavy atom. The van der Waals surface area contributed by atoms with Crippen LogP contribution in [0.4, 0.5) is 0 Å². The van der Waals surface area contributed by atoms with Gasteiger partial charge in [-0.15, -0.1) is 11.8 Å². The predicted molar refractivity (Wildman–Crippen MR) is 97.7 cm³/mol. The SMILES string of the molecule is COc1ccccc1[C@@H]1SCC(=O)N1CCC(=O)N1CC[NH+](C)CC1. The van der Waals surface area contributed by atoms with Gasteiger partial charge in [-0.2, -0.15) is 0 Å². The summed E-state index contributed by atoms with van der Waals surface area (Å²) in [4.78, 5) is 30.0. The predicted octanol–water partition coefficient (Wildman–Crippen LogP) is 0.0162. The molecule has 1 atom stereocenters. The fraction of sp³-hybridized carbons (Fsp3) is 0.556. The Labute approximate surface area is 153 Å². The topological polar surface area (TPSA) is 54.3 Å². The molecule has 2 heterocycles. The van der Waals surface area contributed by atoms with E-state index in [1.807, 2.05) is 34.1 Å². The summed E-state index contributed by atoms with van der Waals surface area (Å²) in [5, 5.41) is -0.0756. The van der Waals surface area contributed by atoms with Crippen LogP contribution in [0.2, 0.25) is 0 Å². The number of hydrogen-bond donors (Lipinski definition) is 1. The molecule has 25 heavy (non-hydrogen) atoms. The van der Waals surface area contributed by atoms with E-state index in [0.717, 1.165) is 37.5 Å². The van der Waals surface area contributed by atoms with Crippen LogP contribution >= 0.6 is 11.8 Å². The molecule has 6 nitrogen and oxygen atoms in total. The third kappa shape index (κ3) is 4.10. The van der Waals surface area contributed by atoms with Crippen molar-refractivity contribution in [2.45, 2.75) is 11.8 Å². The van der Waals surface area contributed by atoms with Crippen molar-refractivity contribution in [2.24, 2.45) is 0 Å². The molecule has 0 radical (unpaired) electrons. The lowest BCUT2D eigenvalue weighted by Gasteiger charge is -2.31. The molecule has 0 spiro atoms. The van der Waals surface area contributed by atoms with Gasteiger partial charge in [0.1, 0.15) is 11.1 Å². The number of para-hydroxylation sites is 1. The number of quaternary nitrogens is 1. The Morgan fingerprint density at radius 1 is 1.32 bits per heavy atom. The van der Waals surface area contributed by atoms with Crippen LogP contribution in [0.25, 0.3) is 0 Å². The van der Waals surface area contributed by atoms with E-state index in [-0.39, 0.29) is 17.2 Å². The lowest BCUT2D eigenvalue weighted by molar-refractivity contribution is -0.883. The van der Waals surface area contributed by atoms with E-state index in [0.29, 0.717) is 18.7 Å². The van der Waals surface area contributed by atoms with E-state index in [1.54, 1.807) is 18.9 Å². The summed E-state index contributed by atoms with van der Waals surface area (Å²) < 4.78 is 5.44. The number of carbonyl (C=O) groups excluding carboxylic acids is 2. The molecule has 1 aromatic carbocycles. The van der Waals surface area contributed by atoms with E-state index in [1.165, 1.54) is 4.90 Å². The second-order valence-electron chi connectivity index (χ2n) is 6.58. The van der Waals surface area contributed by atoms with Crippen molar-refractivity contribution in [1.29, 1.82) is 0 Å². The second-order valence-corrected chi connectivity index (χ2v) is 7.65. The molecule has 2 aliphatic rings. The molecule has 2 amide bonds. The van der Waals surface area contributed by atoms with E-state index in [9.17, 15) is 9.59 Å². The lowest BCUT2D eigenvalue weighted by Crippen LogP contribution is -3.12. The first-order valence-corrected chi connectivity index (χ1v) is 9.78. The second kappa shape index (κ2) is 8.10. The Bertz CT molecular complexity index is 632. The average molecular weight is 364 g/mol. The summed E-state index contributed by atoms with van der Waals surface area (Å²) >= 11 is 1.60. The minimum atomic E-state index is -0.0756. The maximum absolute atomic E-state index is 12.5. The van der Waals surface area contributed by atoms with Gasteiger partial charge in [0, 0.05) is 18.5 Å². The van der Waals surface area contributed by atoms with Crippen molar-refractivity contribution in [2.75, 3.05) is 52.6 Å². The zero-order valence-corrected chi connectivity index (χ0v) is 15.7. The molecule has 0 unspecified atom stereocenters. The molecular weight excluding hydrogens is 338 g/mol. The van der Waals surface area contributed by atoms with Gasteiger partial charge in [-0.1, -0.05) is 18.2 Å². The van der Waals surface area contributed by atoms with E-state index in [4.69, 9.17) is 4.74 Å². The number of likely N-dealkylation sites (N-methyl/N-ethyl adjacent to an activating group) is 1. The number of benzene rings is 1. The van der Waals surface area contributed by atoms with Gasteiger partial charge in [0.2, 0.25) is 11.8 Å². The van der Waals surface area contributed by atoms with Gasteiger partial charge >= 0.3 is 0 Å². The van der Waals surface area contributed by atoms with Crippen LogP contribution < -0.4 is 9.64 Å². The number of nitrogens with zero attached hydrogens (tertiary/aromatic N) is 2. The van der Waals surface area contributed by atoms with Crippen LogP contribution in [-0.4, -0.2) is 74.2 Å². The normalized spacial score (nSPS) is 21.7. The highest BCUT2D eigenvalue weighted by molar-refractivity contribution is 8.00. The molecule has 0 bridgehead atoms. The minimum Gasteiger partial charge on any atom is -0.496 e. The molecule has 2 aliphatic heterocycles. The van der Waals surface area contributed by atoms with Crippen LogP contribution in [0, 0.1) is 0 Å². The van der Waals surface area contributed by atoms with Gasteiger partial charge < -0.3 is 19.4 Å². The van der Waals surface area contributed by atoms with Crippen LogP contribution in [0.5, 0.6) is 5.75 Å². The number of ether oxygens (including phenoxy) is 1. The van der Waals surface area contributed by atoms with E-state index in [2.05, 4.69) is 7.05 Å². The third-order valence-corrected chi connectivity index (χ3v) is 6.15. The first-order chi connectivity index (χ1) is 12.1. The maximum atomic E-state index is 12.5. The van der Waals surface area contributed by atoms with Crippen molar-refractivity contribution in [1.82, 2.24) is 9.80 Å². The number of piperazine rings is 1. The van der Waals surface area contributed by atoms with Crippen molar-refractivity contribution in [3.05, 3.63) is 29.8 Å². The zero-order chi connectivity index (χ0) is 17.8. The smallest absolute Gasteiger partial charge is 0.233 e. The van der Waals surface area contributed by atoms with Gasteiger partial charge in [0.05, 0.1) is 46.1 Å². The van der Waals surface area contributed by atoms with Crippen LogP contribution in [0.15, 0.2) is 24.3 Å². The number of methoxy groups -OCH3 is 1. The standard InChI is InChI=1S/C18H25N3O3S/c1-19-9-11-20(12-10-19)16(22)7-8-21-17(23)13-25-18(21)14-5-3-4-6-15(14)24-2/h3-6,18H,7-13H2,1-2H3/p+1/t18-/m0/s1. The van der Waals surface area contributed by atoms with Gasteiger partial charge in [-0.3, -0.25) is 9.59 Å². The van der Waals surface area contributed by atoms with E-state index >= 15 is 0 Å². The fourth-order valence-electron chi connectivity index (χ4n) is 3.34. The summed E-state index contributed by atoms with van der Waals surface area (Å²) in [6, 6.07) is 7.78. The summed E-state index contributed by atoms with van der Waals surface area (Å²) in [5.41, 5.74) is 0.997. The van der Waals surface area contributed by atoms with Gasteiger partial charge in [-0.25, -0.2) is 0 Å². The summed E-state index contributed by atoms with van der Waals surface area (Å²) in [5.74, 6) is 1.48. The summed E-state index contributed by atoms with van der Waals surface area (Å²) in [7, 11) is 3.79. The highest BCUT2D eigenvalue weighted by Gasteiger charge is 2.35. The van der Waals surface area contributed by atoms with Crippen molar-refractivity contribution in [3.63, 3.8) is 0 Å². The highest BCUT2D eigenvalue weighted by atomic mass is 32.2. The lowest BCUT2D eigenvalue weighted by atomic mass is 10.1.